The normalized spacial score (nSPS) is 13.1. The fraction of sp³-hybridized carbons (Fsp3) is 0.250. The first-order chi connectivity index (χ1) is 8.88. The number of pyridine rings is 1. The van der Waals surface area contributed by atoms with Crippen LogP contribution in [0.2, 0.25) is 0 Å². The molecule has 1 rings (SSSR count). The van der Waals surface area contributed by atoms with Crippen molar-refractivity contribution in [3.05, 3.63) is 66.7 Å². The van der Waals surface area contributed by atoms with Gasteiger partial charge in [-0.15, -0.1) is 0 Å². The monoisotopic (exact) mass is 240 g/mol. The highest BCUT2D eigenvalue weighted by Crippen LogP contribution is 1.99. The number of hydrogen-bond donors (Lipinski definition) is 0. The van der Waals surface area contributed by atoms with Crippen molar-refractivity contribution in [3.8, 4) is 0 Å². The number of unbranched alkanes of at least 4 members (excludes halogenated alkanes) is 1. The van der Waals surface area contributed by atoms with Crippen LogP contribution in [-0.2, 0) is 0 Å². The first kappa shape index (κ1) is 14.1. The molecule has 18 heavy (non-hydrogen) atoms. The van der Waals surface area contributed by atoms with Crippen LogP contribution < -0.4 is 0 Å². The summed E-state index contributed by atoms with van der Waals surface area (Å²) < 4.78 is 0. The zero-order valence-corrected chi connectivity index (χ0v) is 11.1. The van der Waals surface area contributed by atoms with E-state index in [1.807, 2.05) is 49.4 Å². The van der Waals surface area contributed by atoms with E-state index in [9.17, 15) is 0 Å². The van der Waals surface area contributed by atoms with Crippen molar-refractivity contribution in [3.63, 3.8) is 0 Å². The quantitative estimate of drug-likeness (QED) is 0.537. The lowest BCUT2D eigenvalue weighted by Crippen LogP contribution is -1.98. The molecule has 0 aliphatic carbocycles. The number of aliphatic imine (C=N–C) groups is 1. The van der Waals surface area contributed by atoms with Crippen LogP contribution in [0.5, 0.6) is 0 Å². The van der Waals surface area contributed by atoms with Crippen molar-refractivity contribution < 1.29 is 0 Å². The van der Waals surface area contributed by atoms with Gasteiger partial charge in [0.25, 0.3) is 0 Å². The average molecular weight is 240 g/mol. The zero-order valence-electron chi connectivity index (χ0n) is 11.1. The summed E-state index contributed by atoms with van der Waals surface area (Å²) in [5.41, 5.74) is 1.76. The molecule has 2 nitrogen and oxygen atoms in total. The molecule has 94 valence electrons. The van der Waals surface area contributed by atoms with E-state index in [4.69, 9.17) is 0 Å². The molecule has 0 aromatic carbocycles. The number of rotatable bonds is 6. The fourth-order valence-corrected chi connectivity index (χ4v) is 1.38. The van der Waals surface area contributed by atoms with Gasteiger partial charge >= 0.3 is 0 Å². The Hall–Kier alpha value is -1.96. The van der Waals surface area contributed by atoms with Gasteiger partial charge in [-0.1, -0.05) is 37.6 Å². The minimum atomic E-state index is 0.873. The van der Waals surface area contributed by atoms with E-state index in [1.54, 1.807) is 12.4 Å². The lowest BCUT2D eigenvalue weighted by Gasteiger charge is -1.97. The maximum absolute atomic E-state index is 4.42. The molecule has 0 atom stereocenters. The van der Waals surface area contributed by atoms with Crippen molar-refractivity contribution in [1.82, 2.24) is 4.98 Å². The Bertz CT molecular complexity index is 439. The summed E-state index contributed by atoms with van der Waals surface area (Å²) in [6.07, 6.45) is 15.9. The topological polar surface area (TPSA) is 25.2 Å². The van der Waals surface area contributed by atoms with Crippen LogP contribution in [0.3, 0.4) is 0 Å². The second-order valence-corrected chi connectivity index (χ2v) is 3.79. The molecule has 2 heteroatoms. The molecular weight excluding hydrogens is 220 g/mol. The minimum absolute atomic E-state index is 0.873. The second-order valence-electron chi connectivity index (χ2n) is 3.79. The molecule has 0 fully saturated rings. The van der Waals surface area contributed by atoms with Gasteiger partial charge in [0, 0.05) is 12.4 Å². The average Bonchev–Trinajstić information content (AvgIpc) is 2.42. The predicted molar refractivity (Wildman–Crippen MR) is 78.8 cm³/mol. The first-order valence-electron chi connectivity index (χ1n) is 6.32. The molecular formula is C16H20N2. The molecule has 0 radical (unpaired) electrons. The summed E-state index contributed by atoms with van der Waals surface area (Å²) in [4.78, 5) is 8.71. The van der Waals surface area contributed by atoms with E-state index >= 15 is 0 Å². The fourth-order valence-electron chi connectivity index (χ4n) is 1.38. The Labute approximate surface area is 109 Å². The highest BCUT2D eigenvalue weighted by molar-refractivity contribution is 6.07. The summed E-state index contributed by atoms with van der Waals surface area (Å²) in [6, 6.07) is 5.83. The maximum atomic E-state index is 4.42. The van der Waals surface area contributed by atoms with Gasteiger partial charge in [0.05, 0.1) is 11.4 Å². The van der Waals surface area contributed by atoms with Gasteiger partial charge in [-0.2, -0.15) is 0 Å². The Morgan fingerprint density at radius 1 is 1.33 bits per heavy atom. The number of allylic oxidation sites excluding steroid dienone is 5. The lowest BCUT2D eigenvalue weighted by atomic mass is 10.2. The standard InChI is InChI=1S/C16H20N2/c1-3-5-6-7-9-13-17-15(11-4-2)16-12-8-10-14-18-16/h4,6-14H,3,5H2,1-2H3/b7-6+,11-4-,13-9+,17-15-. The highest BCUT2D eigenvalue weighted by Gasteiger charge is 1.97. The third-order valence-electron chi connectivity index (χ3n) is 2.25. The van der Waals surface area contributed by atoms with Gasteiger partial charge in [-0.25, -0.2) is 0 Å². The molecule has 0 bridgehead atoms. The van der Waals surface area contributed by atoms with Gasteiger partial charge in [0.1, 0.15) is 0 Å². The molecule has 0 saturated heterocycles. The van der Waals surface area contributed by atoms with E-state index in [-0.39, 0.29) is 0 Å². The summed E-state index contributed by atoms with van der Waals surface area (Å²) in [5.74, 6) is 0. The predicted octanol–water partition coefficient (Wildman–Crippen LogP) is 4.32. The molecule has 1 aromatic rings. The molecule has 1 aromatic heterocycles. The van der Waals surface area contributed by atoms with E-state index in [0.29, 0.717) is 0 Å². The van der Waals surface area contributed by atoms with E-state index in [0.717, 1.165) is 17.8 Å². The van der Waals surface area contributed by atoms with Crippen LogP contribution in [0.1, 0.15) is 32.4 Å². The molecule has 1 heterocycles. The molecule has 0 amide bonds. The largest absolute Gasteiger partial charge is 0.255 e. The summed E-state index contributed by atoms with van der Waals surface area (Å²) >= 11 is 0. The van der Waals surface area contributed by atoms with E-state index in [2.05, 4.69) is 23.0 Å². The van der Waals surface area contributed by atoms with Crippen LogP contribution in [-0.4, -0.2) is 10.7 Å². The summed E-state index contributed by atoms with van der Waals surface area (Å²) in [6.45, 7) is 4.14. The van der Waals surface area contributed by atoms with E-state index in [1.165, 1.54) is 6.42 Å². The van der Waals surface area contributed by atoms with Gasteiger partial charge in [0.15, 0.2) is 0 Å². The van der Waals surface area contributed by atoms with Crippen molar-refractivity contribution >= 4 is 5.71 Å². The number of nitrogens with zero attached hydrogens (tertiary/aromatic N) is 2. The molecule has 0 spiro atoms. The Balaban J connectivity index is 2.74. The zero-order chi connectivity index (χ0) is 13.1. The molecule has 0 saturated carbocycles. The van der Waals surface area contributed by atoms with Gasteiger partial charge in [-0.3, -0.25) is 9.98 Å². The smallest absolute Gasteiger partial charge is 0.0885 e. The molecule has 0 aliphatic rings. The van der Waals surface area contributed by atoms with Crippen molar-refractivity contribution in [1.29, 1.82) is 0 Å². The van der Waals surface area contributed by atoms with Crippen LogP contribution in [0.15, 0.2) is 66.0 Å². The van der Waals surface area contributed by atoms with Gasteiger partial charge < -0.3 is 0 Å². The van der Waals surface area contributed by atoms with Crippen LogP contribution in [0.25, 0.3) is 0 Å². The van der Waals surface area contributed by atoms with Crippen molar-refractivity contribution in [2.45, 2.75) is 26.7 Å². The highest BCUT2D eigenvalue weighted by atomic mass is 14.8. The Morgan fingerprint density at radius 3 is 2.89 bits per heavy atom. The van der Waals surface area contributed by atoms with Crippen LogP contribution >= 0.6 is 0 Å². The van der Waals surface area contributed by atoms with Gasteiger partial charge in [0.2, 0.25) is 0 Å². The number of hydrogen-bond acceptors (Lipinski definition) is 2. The first-order valence-corrected chi connectivity index (χ1v) is 6.32. The lowest BCUT2D eigenvalue weighted by molar-refractivity contribution is 0.959. The van der Waals surface area contributed by atoms with Crippen molar-refractivity contribution in [2.24, 2.45) is 4.99 Å². The Morgan fingerprint density at radius 2 is 2.22 bits per heavy atom. The Kier molecular flexibility index (Phi) is 7.14. The molecule has 0 aliphatic heterocycles. The molecule has 0 unspecified atom stereocenters. The SMILES string of the molecule is C\C=C/C(=N/C=C/C=C/CCC)c1ccccn1. The number of aromatic nitrogens is 1. The summed E-state index contributed by atoms with van der Waals surface area (Å²) in [5, 5.41) is 0. The summed E-state index contributed by atoms with van der Waals surface area (Å²) in [7, 11) is 0. The van der Waals surface area contributed by atoms with Crippen LogP contribution in [0, 0.1) is 0 Å². The third kappa shape index (κ3) is 5.39. The van der Waals surface area contributed by atoms with Gasteiger partial charge in [-0.05, 0) is 37.6 Å². The van der Waals surface area contributed by atoms with Crippen molar-refractivity contribution in [2.75, 3.05) is 0 Å². The second kappa shape index (κ2) is 9.11. The maximum Gasteiger partial charge on any atom is 0.0885 e. The molecule has 0 N–H and O–H groups in total. The minimum Gasteiger partial charge on any atom is -0.255 e. The third-order valence-corrected chi connectivity index (χ3v) is 2.25. The van der Waals surface area contributed by atoms with Crippen LogP contribution in [0.4, 0.5) is 0 Å². The van der Waals surface area contributed by atoms with E-state index < -0.39 is 0 Å².